The van der Waals surface area contributed by atoms with Gasteiger partial charge in [0.2, 0.25) is 5.91 Å². The van der Waals surface area contributed by atoms with Gasteiger partial charge < -0.3 is 15.4 Å². The number of carbonyl (C=O) groups excluding carboxylic acids is 4. The first-order valence-electron chi connectivity index (χ1n) is 8.11. The zero-order valence-electron chi connectivity index (χ0n) is 15.2. The standard InChI is InChI=1S/C17H22FN3O5S/c1-10(2)19-17(25)21-16(24)11(3)26-15(23)9-27-8-14(22)20-13-6-4-12(18)5-7-13/h4-7,10-11H,8-9H2,1-3H3,(H,20,22)(H2,19,21,24,25)/t11-/m0/s1. The summed E-state index contributed by atoms with van der Waals surface area (Å²) in [5.74, 6) is -2.39. The Hall–Kier alpha value is -2.62. The number of benzene rings is 1. The van der Waals surface area contributed by atoms with Crippen molar-refractivity contribution in [2.75, 3.05) is 16.8 Å². The van der Waals surface area contributed by atoms with Gasteiger partial charge in [-0.05, 0) is 45.0 Å². The number of esters is 1. The zero-order valence-corrected chi connectivity index (χ0v) is 16.0. The van der Waals surface area contributed by atoms with E-state index in [4.69, 9.17) is 4.74 Å². The maximum Gasteiger partial charge on any atom is 0.321 e. The van der Waals surface area contributed by atoms with E-state index in [9.17, 15) is 23.6 Å². The summed E-state index contributed by atoms with van der Waals surface area (Å²) in [6, 6.07) is 4.45. The highest BCUT2D eigenvalue weighted by molar-refractivity contribution is 8.00. The van der Waals surface area contributed by atoms with Crippen LogP contribution in [0.25, 0.3) is 0 Å². The van der Waals surface area contributed by atoms with Crippen LogP contribution >= 0.6 is 11.8 Å². The minimum Gasteiger partial charge on any atom is -0.452 e. The molecule has 0 radical (unpaired) electrons. The van der Waals surface area contributed by atoms with Gasteiger partial charge in [0.1, 0.15) is 5.82 Å². The Morgan fingerprint density at radius 3 is 2.30 bits per heavy atom. The van der Waals surface area contributed by atoms with Gasteiger partial charge >= 0.3 is 12.0 Å². The topological polar surface area (TPSA) is 114 Å². The van der Waals surface area contributed by atoms with Crippen molar-refractivity contribution in [1.29, 1.82) is 0 Å². The maximum atomic E-state index is 12.8. The number of carbonyl (C=O) groups is 4. The highest BCUT2D eigenvalue weighted by Crippen LogP contribution is 2.10. The van der Waals surface area contributed by atoms with Crippen molar-refractivity contribution in [1.82, 2.24) is 10.6 Å². The molecule has 0 aliphatic rings. The number of nitrogens with one attached hydrogen (secondary N) is 3. The van der Waals surface area contributed by atoms with E-state index in [2.05, 4.69) is 16.0 Å². The SMILES string of the molecule is CC(C)NC(=O)NC(=O)[C@H](C)OC(=O)CSCC(=O)Nc1ccc(F)cc1. The van der Waals surface area contributed by atoms with Crippen molar-refractivity contribution in [2.24, 2.45) is 0 Å². The van der Waals surface area contributed by atoms with Gasteiger partial charge in [0.25, 0.3) is 5.91 Å². The van der Waals surface area contributed by atoms with Crippen molar-refractivity contribution in [3.05, 3.63) is 30.1 Å². The van der Waals surface area contributed by atoms with Gasteiger partial charge in [-0.3, -0.25) is 19.7 Å². The number of imide groups is 1. The Morgan fingerprint density at radius 1 is 1.07 bits per heavy atom. The molecule has 0 aliphatic heterocycles. The first-order valence-corrected chi connectivity index (χ1v) is 9.27. The molecule has 10 heteroatoms. The van der Waals surface area contributed by atoms with Crippen LogP contribution in [0, 0.1) is 5.82 Å². The fraction of sp³-hybridized carbons (Fsp3) is 0.412. The van der Waals surface area contributed by atoms with Gasteiger partial charge in [0.05, 0.1) is 11.5 Å². The van der Waals surface area contributed by atoms with E-state index in [1.165, 1.54) is 31.2 Å². The molecule has 0 heterocycles. The number of amides is 4. The minimum absolute atomic E-state index is 0.0240. The summed E-state index contributed by atoms with van der Waals surface area (Å²) >= 11 is 0.996. The Morgan fingerprint density at radius 2 is 1.70 bits per heavy atom. The zero-order chi connectivity index (χ0) is 20.4. The quantitative estimate of drug-likeness (QED) is 0.573. The molecule has 0 saturated heterocycles. The maximum absolute atomic E-state index is 12.8. The number of thioether (sulfide) groups is 1. The summed E-state index contributed by atoms with van der Waals surface area (Å²) in [5.41, 5.74) is 0.439. The number of hydrogen-bond donors (Lipinski definition) is 3. The van der Waals surface area contributed by atoms with Crippen molar-refractivity contribution < 1.29 is 28.3 Å². The fourth-order valence-corrected chi connectivity index (χ4v) is 2.35. The van der Waals surface area contributed by atoms with Gasteiger partial charge in [-0.1, -0.05) is 0 Å². The molecule has 8 nitrogen and oxygen atoms in total. The van der Waals surface area contributed by atoms with Crippen LogP contribution in [0.4, 0.5) is 14.9 Å². The lowest BCUT2D eigenvalue weighted by molar-refractivity contribution is -0.151. The van der Waals surface area contributed by atoms with Crippen LogP contribution in [0.15, 0.2) is 24.3 Å². The van der Waals surface area contributed by atoms with E-state index in [-0.39, 0.29) is 23.5 Å². The van der Waals surface area contributed by atoms with E-state index in [1.807, 2.05) is 0 Å². The van der Waals surface area contributed by atoms with E-state index >= 15 is 0 Å². The molecule has 1 aromatic carbocycles. The van der Waals surface area contributed by atoms with E-state index in [1.54, 1.807) is 13.8 Å². The first-order chi connectivity index (χ1) is 12.7. The number of rotatable bonds is 8. The van der Waals surface area contributed by atoms with Crippen LogP contribution in [-0.2, 0) is 19.1 Å². The highest BCUT2D eigenvalue weighted by Gasteiger charge is 2.20. The van der Waals surface area contributed by atoms with Gasteiger partial charge in [-0.25, -0.2) is 9.18 Å². The molecular weight excluding hydrogens is 377 g/mol. The second-order valence-electron chi connectivity index (χ2n) is 5.80. The molecule has 0 aliphatic carbocycles. The lowest BCUT2D eigenvalue weighted by Crippen LogP contribution is -2.46. The average Bonchev–Trinajstić information content (AvgIpc) is 2.56. The molecule has 1 aromatic rings. The summed E-state index contributed by atoms with van der Waals surface area (Å²) < 4.78 is 17.7. The van der Waals surface area contributed by atoms with Crippen molar-refractivity contribution in [3.63, 3.8) is 0 Å². The highest BCUT2D eigenvalue weighted by atomic mass is 32.2. The third-order valence-electron chi connectivity index (χ3n) is 2.91. The Kier molecular flexibility index (Phi) is 9.27. The molecule has 0 bridgehead atoms. The molecule has 148 valence electrons. The third kappa shape index (κ3) is 9.59. The van der Waals surface area contributed by atoms with Crippen LogP contribution in [0.2, 0.25) is 0 Å². The fourth-order valence-electron chi connectivity index (χ4n) is 1.75. The Labute approximate surface area is 160 Å². The first kappa shape index (κ1) is 22.4. The van der Waals surface area contributed by atoms with Crippen LogP contribution in [-0.4, -0.2) is 47.5 Å². The van der Waals surface area contributed by atoms with Crippen LogP contribution in [0.5, 0.6) is 0 Å². The normalized spacial score (nSPS) is 11.4. The summed E-state index contributed by atoms with van der Waals surface area (Å²) in [6.07, 6.45) is -1.15. The Balaban J connectivity index is 2.27. The minimum atomic E-state index is -1.15. The predicted molar refractivity (Wildman–Crippen MR) is 99.7 cm³/mol. The predicted octanol–water partition coefficient (Wildman–Crippen LogP) is 1.66. The molecule has 4 amide bonds. The molecule has 0 spiro atoms. The number of ether oxygens (including phenoxy) is 1. The number of anilines is 1. The number of hydrogen-bond acceptors (Lipinski definition) is 6. The molecule has 1 rings (SSSR count). The lowest BCUT2D eigenvalue weighted by Gasteiger charge is -2.14. The lowest BCUT2D eigenvalue weighted by atomic mass is 10.3. The molecule has 27 heavy (non-hydrogen) atoms. The molecule has 3 N–H and O–H groups in total. The number of urea groups is 1. The van der Waals surface area contributed by atoms with Crippen LogP contribution in [0.1, 0.15) is 20.8 Å². The average molecular weight is 399 g/mol. The Bertz CT molecular complexity index is 682. The van der Waals surface area contributed by atoms with Crippen molar-refractivity contribution >= 4 is 41.3 Å². The third-order valence-corrected chi connectivity index (χ3v) is 3.82. The van der Waals surface area contributed by atoms with Gasteiger partial charge in [-0.2, -0.15) is 0 Å². The van der Waals surface area contributed by atoms with Crippen molar-refractivity contribution in [3.8, 4) is 0 Å². The summed E-state index contributed by atoms with van der Waals surface area (Å²) in [4.78, 5) is 46.6. The van der Waals surface area contributed by atoms with Crippen LogP contribution < -0.4 is 16.0 Å². The van der Waals surface area contributed by atoms with E-state index in [0.717, 1.165) is 11.8 Å². The van der Waals surface area contributed by atoms with E-state index in [0.29, 0.717) is 5.69 Å². The second kappa shape index (κ2) is 11.2. The van der Waals surface area contributed by atoms with E-state index < -0.39 is 29.8 Å². The monoisotopic (exact) mass is 399 g/mol. The summed E-state index contributed by atoms with van der Waals surface area (Å²) in [7, 11) is 0. The summed E-state index contributed by atoms with van der Waals surface area (Å²) in [5, 5.41) is 7.08. The van der Waals surface area contributed by atoms with Gasteiger partial charge in [-0.15, -0.1) is 11.8 Å². The largest absolute Gasteiger partial charge is 0.452 e. The summed E-state index contributed by atoms with van der Waals surface area (Å²) in [6.45, 7) is 4.80. The molecule has 1 atom stereocenters. The van der Waals surface area contributed by atoms with Gasteiger partial charge in [0, 0.05) is 11.7 Å². The molecule has 0 aromatic heterocycles. The van der Waals surface area contributed by atoms with Gasteiger partial charge in [0.15, 0.2) is 6.10 Å². The second-order valence-corrected chi connectivity index (χ2v) is 6.78. The number of halogens is 1. The molecule has 0 unspecified atom stereocenters. The van der Waals surface area contributed by atoms with Crippen molar-refractivity contribution in [2.45, 2.75) is 32.9 Å². The molecule has 0 saturated carbocycles. The smallest absolute Gasteiger partial charge is 0.321 e. The molecular formula is C17H22FN3O5S. The van der Waals surface area contributed by atoms with Crippen LogP contribution in [0.3, 0.4) is 0 Å². The molecule has 0 fully saturated rings.